The quantitative estimate of drug-likeness (QED) is 0.376. The molecule has 2 aromatic carbocycles. The van der Waals surface area contributed by atoms with Crippen LogP contribution in [-0.4, -0.2) is 24.4 Å². The molecule has 3 aromatic rings. The predicted octanol–water partition coefficient (Wildman–Crippen LogP) is 6.83. The standard InChI is InChI=1S/C28H31ClN4O3/c1-17-4-9-22(27-18(2)32-36-19(27)3)12-26(17)33(24-11-10-23(14-30)25(29)13-24)15-20-5-7-21(8-6-20)16-35-28(31)34/h4,9-13,20-21H,5-8,15-16H2,1-3H3,(H2,31,34). The number of nitrogens with two attached hydrogens (primary N) is 1. The van der Waals surface area contributed by atoms with Gasteiger partial charge in [0.05, 0.1) is 22.9 Å². The van der Waals surface area contributed by atoms with Crippen molar-refractivity contribution in [1.29, 1.82) is 5.26 Å². The number of halogens is 1. The van der Waals surface area contributed by atoms with E-state index >= 15 is 0 Å². The zero-order chi connectivity index (χ0) is 25.8. The topological polar surface area (TPSA) is 105 Å². The normalized spacial score (nSPS) is 17.4. The lowest BCUT2D eigenvalue weighted by Crippen LogP contribution is -2.30. The van der Waals surface area contributed by atoms with Gasteiger partial charge < -0.3 is 19.9 Å². The van der Waals surface area contributed by atoms with Crippen LogP contribution >= 0.6 is 11.6 Å². The molecule has 0 radical (unpaired) electrons. The lowest BCUT2D eigenvalue weighted by molar-refractivity contribution is 0.117. The smallest absolute Gasteiger partial charge is 0.404 e. The summed E-state index contributed by atoms with van der Waals surface area (Å²) in [5, 5.41) is 13.9. The molecule has 1 heterocycles. The maximum Gasteiger partial charge on any atom is 0.404 e. The number of benzene rings is 2. The summed E-state index contributed by atoms with van der Waals surface area (Å²) in [4.78, 5) is 13.3. The van der Waals surface area contributed by atoms with E-state index in [1.165, 1.54) is 0 Å². The molecule has 36 heavy (non-hydrogen) atoms. The minimum Gasteiger partial charge on any atom is -0.449 e. The Hall–Kier alpha value is -3.50. The molecular weight excluding hydrogens is 476 g/mol. The first kappa shape index (κ1) is 25.6. The van der Waals surface area contributed by atoms with Crippen molar-refractivity contribution < 1.29 is 14.1 Å². The fraction of sp³-hybridized carbons (Fsp3) is 0.393. The molecule has 0 aliphatic heterocycles. The SMILES string of the molecule is Cc1ccc(-c2c(C)noc2C)cc1N(CC1CCC(COC(N)=O)CC1)c1ccc(C#N)c(Cl)c1. The Morgan fingerprint density at radius 2 is 1.89 bits per heavy atom. The maximum absolute atomic E-state index is 11.0. The number of hydrogen-bond donors (Lipinski definition) is 1. The minimum absolute atomic E-state index is 0.344. The first-order chi connectivity index (χ1) is 17.3. The van der Waals surface area contributed by atoms with Gasteiger partial charge in [-0.1, -0.05) is 28.9 Å². The van der Waals surface area contributed by atoms with Crippen molar-refractivity contribution in [3.63, 3.8) is 0 Å². The molecule has 4 rings (SSSR count). The number of rotatable bonds is 7. The number of aromatic nitrogens is 1. The highest BCUT2D eigenvalue weighted by molar-refractivity contribution is 6.32. The number of carbonyl (C=O) groups excluding carboxylic acids is 1. The van der Waals surface area contributed by atoms with Gasteiger partial charge in [-0.15, -0.1) is 0 Å². The number of anilines is 2. The monoisotopic (exact) mass is 506 g/mol. The Morgan fingerprint density at radius 1 is 1.17 bits per heavy atom. The van der Waals surface area contributed by atoms with Crippen LogP contribution in [0.15, 0.2) is 40.9 Å². The number of amides is 1. The summed E-state index contributed by atoms with van der Waals surface area (Å²) < 4.78 is 10.5. The summed E-state index contributed by atoms with van der Waals surface area (Å²) in [6.07, 6.45) is 3.30. The summed E-state index contributed by atoms with van der Waals surface area (Å²) >= 11 is 6.46. The fourth-order valence-corrected chi connectivity index (χ4v) is 5.31. The first-order valence-electron chi connectivity index (χ1n) is 12.2. The Bertz CT molecular complexity index is 1270. The number of ether oxygens (including phenoxy) is 1. The van der Waals surface area contributed by atoms with Gasteiger partial charge in [-0.05, 0) is 93.7 Å². The molecular formula is C28H31ClN4O3. The van der Waals surface area contributed by atoms with Crippen LogP contribution in [0, 0.1) is 43.9 Å². The number of nitriles is 1. The second-order valence-corrected chi connectivity index (χ2v) is 10.0. The van der Waals surface area contributed by atoms with E-state index in [2.05, 4.69) is 41.2 Å². The molecule has 1 amide bonds. The zero-order valence-electron chi connectivity index (χ0n) is 20.9. The molecule has 0 saturated heterocycles. The molecule has 0 atom stereocenters. The van der Waals surface area contributed by atoms with E-state index in [0.717, 1.165) is 71.7 Å². The first-order valence-corrected chi connectivity index (χ1v) is 12.6. The lowest BCUT2D eigenvalue weighted by atomic mass is 9.82. The summed E-state index contributed by atoms with van der Waals surface area (Å²) in [5.41, 5.74) is 11.6. The Balaban J connectivity index is 1.66. The van der Waals surface area contributed by atoms with Gasteiger partial charge in [-0.2, -0.15) is 5.26 Å². The second-order valence-electron chi connectivity index (χ2n) is 9.60. The van der Waals surface area contributed by atoms with Crippen molar-refractivity contribution >= 4 is 29.1 Å². The molecule has 2 N–H and O–H groups in total. The summed E-state index contributed by atoms with van der Waals surface area (Å²) in [6, 6.07) is 14.1. The molecule has 0 spiro atoms. The van der Waals surface area contributed by atoms with Crippen molar-refractivity contribution in [2.24, 2.45) is 17.6 Å². The maximum atomic E-state index is 11.0. The molecule has 1 aliphatic carbocycles. The summed E-state index contributed by atoms with van der Waals surface area (Å²) in [7, 11) is 0. The number of carbonyl (C=O) groups is 1. The van der Waals surface area contributed by atoms with Crippen molar-refractivity contribution in [3.8, 4) is 17.2 Å². The van der Waals surface area contributed by atoms with Crippen LogP contribution in [0.2, 0.25) is 5.02 Å². The molecule has 8 heteroatoms. The van der Waals surface area contributed by atoms with Crippen molar-refractivity contribution in [2.75, 3.05) is 18.1 Å². The number of primary amides is 1. The fourth-order valence-electron chi connectivity index (χ4n) is 5.10. The highest BCUT2D eigenvalue weighted by Gasteiger charge is 2.26. The van der Waals surface area contributed by atoms with Crippen molar-refractivity contribution in [2.45, 2.75) is 46.5 Å². The molecule has 188 valence electrons. The van der Waals surface area contributed by atoms with Gasteiger partial charge >= 0.3 is 6.09 Å². The van der Waals surface area contributed by atoms with E-state index in [1.807, 2.05) is 26.0 Å². The lowest BCUT2D eigenvalue weighted by Gasteiger charge is -2.35. The zero-order valence-corrected chi connectivity index (χ0v) is 21.6. The molecule has 1 aliphatic rings. The highest BCUT2D eigenvalue weighted by atomic mass is 35.5. The van der Waals surface area contributed by atoms with Gasteiger partial charge in [0, 0.05) is 23.5 Å². The Morgan fingerprint density at radius 3 is 2.50 bits per heavy atom. The average Bonchev–Trinajstić information content (AvgIpc) is 3.20. The van der Waals surface area contributed by atoms with Crippen molar-refractivity contribution in [3.05, 3.63) is 64.0 Å². The van der Waals surface area contributed by atoms with Crippen LogP contribution in [0.5, 0.6) is 0 Å². The third kappa shape index (κ3) is 5.66. The second kappa shape index (κ2) is 11.0. The Kier molecular flexibility index (Phi) is 7.85. The number of nitrogens with zero attached hydrogens (tertiary/aromatic N) is 3. The van der Waals surface area contributed by atoms with Crippen LogP contribution in [0.25, 0.3) is 11.1 Å². The average molecular weight is 507 g/mol. The van der Waals surface area contributed by atoms with Crippen LogP contribution in [0.4, 0.5) is 16.2 Å². The summed E-state index contributed by atoms with van der Waals surface area (Å²) in [5.74, 6) is 1.58. The third-order valence-electron chi connectivity index (χ3n) is 7.08. The van der Waals surface area contributed by atoms with Gasteiger partial charge in [-0.3, -0.25) is 0 Å². The molecule has 7 nitrogen and oxygen atoms in total. The summed E-state index contributed by atoms with van der Waals surface area (Å²) in [6.45, 7) is 7.16. The molecule has 1 saturated carbocycles. The van der Waals surface area contributed by atoms with Crippen LogP contribution < -0.4 is 10.6 Å². The van der Waals surface area contributed by atoms with Gasteiger partial charge in [0.15, 0.2) is 0 Å². The van der Waals surface area contributed by atoms with Gasteiger partial charge in [-0.25, -0.2) is 4.79 Å². The largest absolute Gasteiger partial charge is 0.449 e. The molecule has 0 bridgehead atoms. The van der Waals surface area contributed by atoms with E-state index in [9.17, 15) is 10.1 Å². The number of aryl methyl sites for hydroxylation is 3. The minimum atomic E-state index is -0.713. The van der Waals surface area contributed by atoms with Crippen molar-refractivity contribution in [1.82, 2.24) is 5.16 Å². The highest BCUT2D eigenvalue weighted by Crippen LogP contribution is 2.39. The van der Waals surface area contributed by atoms with Crippen LogP contribution in [0.3, 0.4) is 0 Å². The van der Waals surface area contributed by atoms with E-state index in [1.54, 1.807) is 6.07 Å². The van der Waals surface area contributed by atoms with E-state index < -0.39 is 6.09 Å². The number of hydrogen-bond acceptors (Lipinski definition) is 6. The van der Waals surface area contributed by atoms with Crippen LogP contribution in [-0.2, 0) is 4.74 Å². The van der Waals surface area contributed by atoms with Gasteiger partial charge in [0.1, 0.15) is 11.8 Å². The molecule has 0 unspecified atom stereocenters. The Labute approximate surface area is 216 Å². The van der Waals surface area contributed by atoms with Gasteiger partial charge in [0.25, 0.3) is 0 Å². The van der Waals surface area contributed by atoms with E-state index in [-0.39, 0.29) is 0 Å². The van der Waals surface area contributed by atoms with Gasteiger partial charge in [0.2, 0.25) is 0 Å². The van der Waals surface area contributed by atoms with Crippen LogP contribution in [0.1, 0.15) is 48.3 Å². The molecule has 1 aromatic heterocycles. The third-order valence-corrected chi connectivity index (χ3v) is 7.39. The molecule has 1 fully saturated rings. The predicted molar refractivity (Wildman–Crippen MR) is 140 cm³/mol. The van der Waals surface area contributed by atoms with E-state index in [0.29, 0.717) is 29.0 Å². The van der Waals surface area contributed by atoms with E-state index in [4.69, 9.17) is 26.6 Å².